The monoisotopic (exact) mass is 377 g/mol. The van der Waals surface area contributed by atoms with E-state index in [0.29, 0.717) is 11.3 Å². The maximum Gasteiger partial charge on any atom is 0.410 e. The van der Waals surface area contributed by atoms with Gasteiger partial charge in [-0.05, 0) is 42.3 Å². The molecule has 0 spiro atoms. The van der Waals surface area contributed by atoms with Gasteiger partial charge in [0.25, 0.3) is 5.91 Å². The van der Waals surface area contributed by atoms with Crippen molar-refractivity contribution < 1.29 is 19.4 Å². The molecule has 3 aromatic rings. The van der Waals surface area contributed by atoms with Crippen molar-refractivity contribution in [3.05, 3.63) is 77.5 Å². The second-order valence-electron chi connectivity index (χ2n) is 6.12. The van der Waals surface area contributed by atoms with Gasteiger partial charge in [0, 0.05) is 17.3 Å². The number of nitrogens with two attached hydrogens (primary N) is 1. The lowest BCUT2D eigenvalue weighted by atomic mass is 10.0. The van der Waals surface area contributed by atoms with Crippen LogP contribution in [0.1, 0.15) is 21.5 Å². The number of nitrogens with one attached hydrogen (secondary N) is 1. The van der Waals surface area contributed by atoms with Crippen molar-refractivity contribution in [1.82, 2.24) is 4.98 Å². The third kappa shape index (κ3) is 4.33. The van der Waals surface area contributed by atoms with E-state index in [1.807, 2.05) is 13.0 Å². The first-order valence-corrected chi connectivity index (χ1v) is 8.52. The van der Waals surface area contributed by atoms with E-state index < -0.39 is 6.09 Å². The molecule has 4 N–H and O–H groups in total. The molecule has 0 radical (unpaired) electrons. The number of carbonyl (C=O) groups is 2. The lowest BCUT2D eigenvalue weighted by Gasteiger charge is -2.11. The quantitative estimate of drug-likeness (QED) is 0.631. The molecule has 7 nitrogen and oxygen atoms in total. The molecule has 0 aliphatic rings. The number of ether oxygens (including phenoxy) is 1. The highest BCUT2D eigenvalue weighted by Gasteiger charge is 2.12. The normalized spacial score (nSPS) is 10.4. The second kappa shape index (κ2) is 8.32. The molecular formula is C21H19N3O4. The second-order valence-corrected chi connectivity index (χ2v) is 6.12. The molecule has 0 aliphatic heterocycles. The smallest absolute Gasteiger partial charge is 0.408 e. The Balaban J connectivity index is 1.79. The average molecular weight is 377 g/mol. The Morgan fingerprint density at radius 1 is 1.14 bits per heavy atom. The number of carbonyl (C=O) groups excluding carboxylic acids is 2. The van der Waals surface area contributed by atoms with Crippen LogP contribution in [-0.4, -0.2) is 22.1 Å². The number of aryl methyl sites for hydroxylation is 1. The molecule has 0 atom stereocenters. The van der Waals surface area contributed by atoms with Crippen LogP contribution in [0.5, 0.6) is 5.75 Å². The van der Waals surface area contributed by atoms with Crippen LogP contribution in [-0.2, 0) is 6.61 Å². The highest BCUT2D eigenvalue weighted by atomic mass is 16.5. The Morgan fingerprint density at radius 3 is 2.50 bits per heavy atom. The number of rotatable bonds is 5. The van der Waals surface area contributed by atoms with E-state index in [0.717, 1.165) is 22.4 Å². The Labute approximate surface area is 161 Å². The number of nitrogens with zero attached hydrogens (tertiary/aromatic N) is 1. The zero-order valence-corrected chi connectivity index (χ0v) is 15.2. The number of amides is 2. The van der Waals surface area contributed by atoms with Crippen molar-refractivity contribution in [1.29, 1.82) is 0 Å². The molecule has 3 rings (SSSR count). The molecule has 2 amide bonds. The molecule has 28 heavy (non-hydrogen) atoms. The molecule has 142 valence electrons. The molecule has 1 heterocycles. The summed E-state index contributed by atoms with van der Waals surface area (Å²) < 4.78 is 4.89. The molecule has 0 unspecified atom stereocenters. The molecule has 1 aromatic heterocycles. The fourth-order valence-electron chi connectivity index (χ4n) is 2.76. The summed E-state index contributed by atoms with van der Waals surface area (Å²) >= 11 is 0. The van der Waals surface area contributed by atoms with Gasteiger partial charge in [-0.3, -0.25) is 9.78 Å². The van der Waals surface area contributed by atoms with Crippen LogP contribution in [0.4, 0.5) is 10.5 Å². The number of anilines is 1. The predicted octanol–water partition coefficient (Wildman–Crippen LogP) is 3.26. The zero-order valence-electron chi connectivity index (χ0n) is 15.2. The molecular weight excluding hydrogens is 358 g/mol. The number of hydrogen-bond donors (Lipinski definition) is 3. The highest BCUT2D eigenvalue weighted by molar-refractivity contribution is 6.05. The van der Waals surface area contributed by atoms with Gasteiger partial charge in [0.05, 0.1) is 18.0 Å². The minimum atomic E-state index is -0.957. The van der Waals surface area contributed by atoms with Crippen molar-refractivity contribution in [3.63, 3.8) is 0 Å². The summed E-state index contributed by atoms with van der Waals surface area (Å²) in [6.07, 6.45) is 0.666. The third-order valence-electron chi connectivity index (χ3n) is 4.08. The lowest BCUT2D eigenvalue weighted by Crippen LogP contribution is -2.18. The summed E-state index contributed by atoms with van der Waals surface area (Å²) in [6, 6.07) is 15.4. The topological polar surface area (TPSA) is 115 Å². The van der Waals surface area contributed by atoms with Gasteiger partial charge in [-0.15, -0.1) is 0 Å². The van der Waals surface area contributed by atoms with Crippen molar-refractivity contribution in [2.45, 2.75) is 13.5 Å². The molecule has 0 fully saturated rings. The Morgan fingerprint density at radius 2 is 1.86 bits per heavy atom. The third-order valence-corrected chi connectivity index (χ3v) is 4.08. The van der Waals surface area contributed by atoms with Crippen LogP contribution in [0.15, 0.2) is 60.8 Å². The number of benzene rings is 2. The Bertz CT molecular complexity index is 1020. The highest BCUT2D eigenvalue weighted by Crippen LogP contribution is 2.25. The molecule has 0 saturated carbocycles. The first-order valence-electron chi connectivity index (χ1n) is 8.52. The van der Waals surface area contributed by atoms with Crippen LogP contribution in [0.3, 0.4) is 0 Å². The number of hydrogen-bond acceptors (Lipinski definition) is 5. The summed E-state index contributed by atoms with van der Waals surface area (Å²) in [7, 11) is 0. The first-order chi connectivity index (χ1) is 13.5. The van der Waals surface area contributed by atoms with Gasteiger partial charge in [0.1, 0.15) is 0 Å². The maximum atomic E-state index is 12.5. The van der Waals surface area contributed by atoms with Gasteiger partial charge < -0.3 is 20.9 Å². The van der Waals surface area contributed by atoms with E-state index in [1.165, 1.54) is 6.07 Å². The molecule has 7 heteroatoms. The van der Waals surface area contributed by atoms with E-state index in [9.17, 15) is 14.7 Å². The summed E-state index contributed by atoms with van der Waals surface area (Å²) in [5.74, 6) is -0.184. The molecule has 2 aromatic carbocycles. The summed E-state index contributed by atoms with van der Waals surface area (Å²) in [5, 5.41) is 11.9. The van der Waals surface area contributed by atoms with E-state index in [1.54, 1.807) is 48.7 Å². The number of primary amides is 1. The van der Waals surface area contributed by atoms with Crippen LogP contribution < -0.4 is 15.8 Å². The van der Waals surface area contributed by atoms with E-state index >= 15 is 0 Å². The first kappa shape index (κ1) is 19.1. The molecule has 0 saturated heterocycles. The van der Waals surface area contributed by atoms with Gasteiger partial charge in [0.15, 0.2) is 5.75 Å². The van der Waals surface area contributed by atoms with Crippen LogP contribution in [0.2, 0.25) is 0 Å². The minimum absolute atomic E-state index is 0.0613. The Hall–Kier alpha value is -3.71. The number of aliphatic hydroxyl groups excluding tert-OH is 1. The lowest BCUT2D eigenvalue weighted by molar-refractivity contribution is 0.102. The van der Waals surface area contributed by atoms with E-state index in [2.05, 4.69) is 10.3 Å². The van der Waals surface area contributed by atoms with Gasteiger partial charge in [-0.25, -0.2) is 4.79 Å². The summed E-state index contributed by atoms with van der Waals surface area (Å²) in [4.78, 5) is 27.9. The minimum Gasteiger partial charge on any atom is -0.408 e. The van der Waals surface area contributed by atoms with Gasteiger partial charge in [-0.2, -0.15) is 0 Å². The Kier molecular flexibility index (Phi) is 5.67. The fourth-order valence-corrected chi connectivity index (χ4v) is 2.76. The maximum absolute atomic E-state index is 12.5. The summed E-state index contributed by atoms with van der Waals surface area (Å²) in [5.41, 5.74) is 9.13. The number of aromatic nitrogens is 1. The van der Waals surface area contributed by atoms with Crippen molar-refractivity contribution in [2.24, 2.45) is 5.73 Å². The standard InChI is InChI=1S/C21H19N3O4/c1-13-10-14(12-25)11-23-19(13)15-6-8-16(9-7-15)20(26)24-17-4-2-3-5-18(17)28-21(22)27/h2-11,25H,12H2,1H3,(H2,22,27)(H,24,26). The number of para-hydroxylation sites is 2. The number of pyridine rings is 1. The van der Waals surface area contributed by atoms with Gasteiger partial charge in [0.2, 0.25) is 0 Å². The largest absolute Gasteiger partial charge is 0.410 e. The zero-order chi connectivity index (χ0) is 20.1. The van der Waals surface area contributed by atoms with Crippen molar-refractivity contribution in [2.75, 3.05) is 5.32 Å². The van der Waals surface area contributed by atoms with Gasteiger partial charge in [-0.1, -0.05) is 30.3 Å². The van der Waals surface area contributed by atoms with Crippen LogP contribution >= 0.6 is 0 Å². The van der Waals surface area contributed by atoms with Crippen LogP contribution in [0, 0.1) is 6.92 Å². The SMILES string of the molecule is Cc1cc(CO)cnc1-c1ccc(C(=O)Nc2ccccc2OC(N)=O)cc1. The van der Waals surface area contributed by atoms with Crippen molar-refractivity contribution in [3.8, 4) is 17.0 Å². The fraction of sp³-hybridized carbons (Fsp3) is 0.0952. The van der Waals surface area contributed by atoms with E-state index in [4.69, 9.17) is 10.5 Å². The number of aliphatic hydroxyl groups is 1. The summed E-state index contributed by atoms with van der Waals surface area (Å²) in [6.45, 7) is 1.85. The molecule has 0 bridgehead atoms. The van der Waals surface area contributed by atoms with Crippen LogP contribution in [0.25, 0.3) is 11.3 Å². The van der Waals surface area contributed by atoms with Gasteiger partial charge >= 0.3 is 6.09 Å². The molecule has 0 aliphatic carbocycles. The van der Waals surface area contributed by atoms with Crippen molar-refractivity contribution >= 4 is 17.7 Å². The predicted molar refractivity (Wildman–Crippen MR) is 105 cm³/mol. The average Bonchev–Trinajstić information content (AvgIpc) is 2.69. The van der Waals surface area contributed by atoms with E-state index in [-0.39, 0.29) is 18.3 Å².